The van der Waals surface area contributed by atoms with E-state index in [1.54, 1.807) is 24.3 Å². The number of aromatic amines is 1. The lowest BCUT2D eigenvalue weighted by molar-refractivity contribution is -0.121. The monoisotopic (exact) mass is 377 g/mol. The van der Waals surface area contributed by atoms with Crippen LogP contribution in [-0.4, -0.2) is 39.8 Å². The first-order valence-electron chi connectivity index (χ1n) is 9.45. The van der Waals surface area contributed by atoms with E-state index in [1.165, 1.54) is 0 Å². The lowest BCUT2D eigenvalue weighted by atomic mass is 9.95. The molecule has 7 nitrogen and oxygen atoms in total. The molecule has 1 aromatic heterocycles. The van der Waals surface area contributed by atoms with Crippen molar-refractivity contribution in [2.45, 2.75) is 19.4 Å². The van der Waals surface area contributed by atoms with Crippen LogP contribution in [0.3, 0.4) is 0 Å². The van der Waals surface area contributed by atoms with Crippen molar-refractivity contribution in [2.24, 2.45) is 11.7 Å². The number of aromatic nitrogens is 2. The summed E-state index contributed by atoms with van der Waals surface area (Å²) in [6.45, 7) is 2.48. The van der Waals surface area contributed by atoms with Crippen LogP contribution in [0.2, 0.25) is 0 Å². The second-order valence-corrected chi connectivity index (χ2v) is 7.18. The van der Waals surface area contributed by atoms with Crippen LogP contribution in [-0.2, 0) is 11.3 Å². The molecule has 2 heterocycles. The number of H-pyrrole nitrogens is 1. The van der Waals surface area contributed by atoms with Gasteiger partial charge in [0.1, 0.15) is 5.82 Å². The molecule has 0 aliphatic carbocycles. The number of nitrogens with one attached hydrogen (secondary N) is 2. The van der Waals surface area contributed by atoms with Gasteiger partial charge in [-0.25, -0.2) is 4.98 Å². The van der Waals surface area contributed by atoms with Crippen LogP contribution in [0.1, 0.15) is 29.0 Å². The Morgan fingerprint density at radius 2 is 1.82 bits per heavy atom. The molecule has 1 aliphatic heterocycles. The summed E-state index contributed by atoms with van der Waals surface area (Å²) in [7, 11) is 0. The van der Waals surface area contributed by atoms with Crippen LogP contribution >= 0.6 is 0 Å². The number of hydrogen-bond acceptors (Lipinski definition) is 4. The number of anilines is 1. The Morgan fingerprint density at radius 1 is 1.11 bits per heavy atom. The molecular weight excluding hydrogens is 354 g/mol. The molecule has 2 aromatic carbocycles. The Kier molecular flexibility index (Phi) is 5.08. The van der Waals surface area contributed by atoms with E-state index in [4.69, 9.17) is 5.73 Å². The van der Waals surface area contributed by atoms with Crippen molar-refractivity contribution < 1.29 is 9.59 Å². The summed E-state index contributed by atoms with van der Waals surface area (Å²) < 4.78 is 0. The Bertz CT molecular complexity index is 954. The van der Waals surface area contributed by atoms with Crippen LogP contribution in [0.5, 0.6) is 0 Å². The van der Waals surface area contributed by atoms with Crippen molar-refractivity contribution in [3.8, 4) is 0 Å². The molecule has 1 fully saturated rings. The van der Waals surface area contributed by atoms with E-state index in [0.29, 0.717) is 11.3 Å². The van der Waals surface area contributed by atoms with Crippen LogP contribution in [0, 0.1) is 5.92 Å². The molecule has 4 N–H and O–H groups in total. The zero-order chi connectivity index (χ0) is 19.5. The largest absolute Gasteiger partial charge is 0.366 e. The molecule has 4 rings (SSSR count). The molecule has 1 saturated heterocycles. The number of para-hydroxylation sites is 2. The summed E-state index contributed by atoms with van der Waals surface area (Å²) in [6.07, 6.45) is 1.62. The zero-order valence-corrected chi connectivity index (χ0v) is 15.5. The standard InChI is InChI=1S/C21H23N5O2/c22-20(27)14-5-7-16(8-6-14)23-21(28)15-9-11-26(12-10-15)13-19-24-17-3-1-2-4-18(17)25-19/h1-8,15H,9-13H2,(H2,22,27)(H,23,28)(H,24,25). The summed E-state index contributed by atoms with van der Waals surface area (Å²) in [5.74, 6) is 0.492. The second-order valence-electron chi connectivity index (χ2n) is 7.18. The van der Waals surface area contributed by atoms with Gasteiger partial charge in [0.05, 0.1) is 17.6 Å². The number of imidazole rings is 1. The minimum Gasteiger partial charge on any atom is -0.366 e. The fourth-order valence-electron chi connectivity index (χ4n) is 3.61. The smallest absolute Gasteiger partial charge is 0.248 e. The molecule has 0 atom stereocenters. The average molecular weight is 377 g/mol. The summed E-state index contributed by atoms with van der Waals surface area (Å²) >= 11 is 0. The molecule has 7 heteroatoms. The van der Waals surface area contributed by atoms with Gasteiger partial charge in [-0.15, -0.1) is 0 Å². The number of carbonyl (C=O) groups is 2. The number of benzene rings is 2. The van der Waals surface area contributed by atoms with E-state index in [0.717, 1.165) is 49.3 Å². The summed E-state index contributed by atoms with van der Waals surface area (Å²) in [5, 5.41) is 2.93. The first kappa shape index (κ1) is 18.2. The summed E-state index contributed by atoms with van der Waals surface area (Å²) in [4.78, 5) is 34.0. The van der Waals surface area contributed by atoms with Gasteiger partial charge in [-0.3, -0.25) is 14.5 Å². The first-order chi connectivity index (χ1) is 13.6. The quantitative estimate of drug-likeness (QED) is 0.635. The Morgan fingerprint density at radius 3 is 2.50 bits per heavy atom. The van der Waals surface area contributed by atoms with Crippen LogP contribution in [0.15, 0.2) is 48.5 Å². The molecule has 144 valence electrons. The van der Waals surface area contributed by atoms with Crippen molar-refractivity contribution >= 4 is 28.5 Å². The van der Waals surface area contributed by atoms with Crippen LogP contribution in [0.4, 0.5) is 5.69 Å². The highest BCUT2D eigenvalue weighted by atomic mass is 16.2. The molecule has 0 bridgehead atoms. The molecular formula is C21H23N5O2. The average Bonchev–Trinajstić information content (AvgIpc) is 3.11. The number of piperidine rings is 1. The van der Waals surface area contributed by atoms with Crippen molar-refractivity contribution in [1.82, 2.24) is 14.9 Å². The van der Waals surface area contributed by atoms with E-state index in [-0.39, 0.29) is 11.8 Å². The molecule has 0 saturated carbocycles. The highest BCUT2D eigenvalue weighted by molar-refractivity contribution is 5.95. The first-order valence-corrected chi connectivity index (χ1v) is 9.45. The highest BCUT2D eigenvalue weighted by Gasteiger charge is 2.25. The fourth-order valence-corrected chi connectivity index (χ4v) is 3.61. The van der Waals surface area contributed by atoms with Gasteiger partial charge < -0.3 is 16.0 Å². The highest BCUT2D eigenvalue weighted by Crippen LogP contribution is 2.21. The van der Waals surface area contributed by atoms with Crippen molar-refractivity contribution in [1.29, 1.82) is 0 Å². The minimum atomic E-state index is -0.477. The number of likely N-dealkylation sites (tertiary alicyclic amines) is 1. The van der Waals surface area contributed by atoms with Gasteiger partial charge in [0.15, 0.2) is 0 Å². The maximum Gasteiger partial charge on any atom is 0.248 e. The van der Waals surface area contributed by atoms with Gasteiger partial charge in [0, 0.05) is 17.2 Å². The molecule has 0 radical (unpaired) electrons. The SMILES string of the molecule is NC(=O)c1ccc(NC(=O)C2CCN(Cc3nc4ccccc4[nH]3)CC2)cc1. The Balaban J connectivity index is 1.29. The normalized spacial score (nSPS) is 15.6. The van der Waals surface area contributed by atoms with Gasteiger partial charge in [-0.05, 0) is 62.3 Å². The topological polar surface area (TPSA) is 104 Å². The second kappa shape index (κ2) is 7.82. The third-order valence-electron chi connectivity index (χ3n) is 5.21. The van der Waals surface area contributed by atoms with Gasteiger partial charge >= 0.3 is 0 Å². The lowest BCUT2D eigenvalue weighted by Crippen LogP contribution is -2.38. The van der Waals surface area contributed by atoms with E-state index < -0.39 is 5.91 Å². The number of rotatable bonds is 5. The van der Waals surface area contributed by atoms with E-state index >= 15 is 0 Å². The number of hydrogen-bond donors (Lipinski definition) is 3. The van der Waals surface area contributed by atoms with Crippen molar-refractivity contribution in [3.05, 3.63) is 59.9 Å². The van der Waals surface area contributed by atoms with Crippen LogP contribution in [0.25, 0.3) is 11.0 Å². The third kappa shape index (κ3) is 4.04. The maximum absolute atomic E-state index is 12.5. The van der Waals surface area contributed by atoms with E-state index in [2.05, 4.69) is 20.2 Å². The molecule has 0 unspecified atom stereocenters. The van der Waals surface area contributed by atoms with Gasteiger partial charge in [-0.2, -0.15) is 0 Å². The van der Waals surface area contributed by atoms with Crippen LogP contribution < -0.4 is 11.1 Å². The van der Waals surface area contributed by atoms with Gasteiger partial charge in [-0.1, -0.05) is 12.1 Å². The number of amides is 2. The molecule has 3 aromatic rings. The van der Waals surface area contributed by atoms with E-state index in [1.807, 2.05) is 24.3 Å². The Labute approximate surface area is 162 Å². The minimum absolute atomic E-state index is 0.0114. The fraction of sp³-hybridized carbons (Fsp3) is 0.286. The van der Waals surface area contributed by atoms with E-state index in [9.17, 15) is 9.59 Å². The molecule has 2 amide bonds. The number of carbonyl (C=O) groups excluding carboxylic acids is 2. The maximum atomic E-state index is 12.5. The molecule has 0 spiro atoms. The van der Waals surface area contributed by atoms with Gasteiger partial charge in [0.25, 0.3) is 0 Å². The Hall–Kier alpha value is -3.19. The summed E-state index contributed by atoms with van der Waals surface area (Å²) in [6, 6.07) is 14.7. The predicted octanol–water partition coefficient (Wildman–Crippen LogP) is 2.51. The third-order valence-corrected chi connectivity index (χ3v) is 5.21. The van der Waals surface area contributed by atoms with Crippen molar-refractivity contribution in [3.63, 3.8) is 0 Å². The number of nitrogens with two attached hydrogens (primary N) is 1. The lowest BCUT2D eigenvalue weighted by Gasteiger charge is -2.30. The number of primary amides is 1. The predicted molar refractivity (Wildman–Crippen MR) is 108 cm³/mol. The van der Waals surface area contributed by atoms with Crippen molar-refractivity contribution in [2.75, 3.05) is 18.4 Å². The summed E-state index contributed by atoms with van der Waals surface area (Å²) in [5.41, 5.74) is 8.37. The number of fused-ring (bicyclic) bond motifs is 1. The zero-order valence-electron chi connectivity index (χ0n) is 15.5. The van der Waals surface area contributed by atoms with Gasteiger partial charge in [0.2, 0.25) is 11.8 Å². The molecule has 28 heavy (non-hydrogen) atoms. The molecule has 1 aliphatic rings. The number of nitrogens with zero attached hydrogens (tertiary/aromatic N) is 2.